The maximum absolute atomic E-state index is 11.9. The van der Waals surface area contributed by atoms with E-state index in [9.17, 15) is 4.79 Å². The van der Waals surface area contributed by atoms with Crippen molar-refractivity contribution in [1.29, 1.82) is 0 Å². The standard InChI is InChI=1S/C14H22N2O2/c1-2-12-6-3-4-7-13(12)14(17)16-9-5-10-18-11-8-15/h3-4,6-7H,2,5,8-11,15H2,1H3,(H,16,17). The van der Waals surface area contributed by atoms with Gasteiger partial charge >= 0.3 is 0 Å². The van der Waals surface area contributed by atoms with Crippen molar-refractivity contribution in [3.8, 4) is 0 Å². The zero-order valence-electron chi connectivity index (χ0n) is 10.9. The first-order valence-corrected chi connectivity index (χ1v) is 6.43. The van der Waals surface area contributed by atoms with Crippen LogP contribution in [0.15, 0.2) is 24.3 Å². The van der Waals surface area contributed by atoms with E-state index in [2.05, 4.69) is 5.32 Å². The fraction of sp³-hybridized carbons (Fsp3) is 0.500. The summed E-state index contributed by atoms with van der Waals surface area (Å²) in [6.45, 7) is 4.42. The van der Waals surface area contributed by atoms with Crippen LogP contribution in [0.1, 0.15) is 29.3 Å². The Morgan fingerprint density at radius 3 is 2.83 bits per heavy atom. The second-order valence-electron chi connectivity index (χ2n) is 4.02. The number of aryl methyl sites for hydroxylation is 1. The van der Waals surface area contributed by atoms with Crippen molar-refractivity contribution in [2.45, 2.75) is 19.8 Å². The Kier molecular flexibility index (Phi) is 7.06. The van der Waals surface area contributed by atoms with Crippen LogP contribution in [-0.4, -0.2) is 32.2 Å². The van der Waals surface area contributed by atoms with Crippen molar-refractivity contribution in [3.63, 3.8) is 0 Å². The molecule has 1 aromatic rings. The molecule has 0 aliphatic rings. The molecule has 4 nitrogen and oxygen atoms in total. The first-order chi connectivity index (χ1) is 8.79. The van der Waals surface area contributed by atoms with Gasteiger partial charge in [-0.15, -0.1) is 0 Å². The van der Waals surface area contributed by atoms with E-state index in [1.54, 1.807) is 0 Å². The van der Waals surface area contributed by atoms with Crippen molar-refractivity contribution >= 4 is 5.91 Å². The normalized spacial score (nSPS) is 10.3. The van der Waals surface area contributed by atoms with E-state index in [1.165, 1.54) is 0 Å². The number of nitrogens with one attached hydrogen (secondary N) is 1. The molecule has 0 heterocycles. The quantitative estimate of drug-likeness (QED) is 0.684. The summed E-state index contributed by atoms with van der Waals surface area (Å²) in [6.07, 6.45) is 1.67. The topological polar surface area (TPSA) is 64.3 Å². The number of carbonyl (C=O) groups excluding carboxylic acids is 1. The number of nitrogens with two attached hydrogens (primary N) is 1. The van der Waals surface area contributed by atoms with Crippen molar-refractivity contribution < 1.29 is 9.53 Å². The molecule has 1 amide bonds. The Bertz CT molecular complexity index is 367. The SMILES string of the molecule is CCc1ccccc1C(=O)NCCCOCCN. The van der Waals surface area contributed by atoms with E-state index in [-0.39, 0.29) is 5.91 Å². The summed E-state index contributed by atoms with van der Waals surface area (Å²) in [5.74, 6) is -0.00808. The zero-order valence-corrected chi connectivity index (χ0v) is 10.9. The van der Waals surface area contributed by atoms with Gasteiger partial charge in [0.2, 0.25) is 0 Å². The van der Waals surface area contributed by atoms with Crippen LogP contribution in [0.4, 0.5) is 0 Å². The second-order valence-corrected chi connectivity index (χ2v) is 4.02. The Morgan fingerprint density at radius 1 is 1.33 bits per heavy atom. The summed E-state index contributed by atoms with van der Waals surface area (Å²) < 4.78 is 5.24. The molecule has 0 unspecified atom stereocenters. The fourth-order valence-corrected chi connectivity index (χ4v) is 1.71. The molecule has 3 N–H and O–H groups in total. The van der Waals surface area contributed by atoms with E-state index in [4.69, 9.17) is 10.5 Å². The maximum Gasteiger partial charge on any atom is 0.251 e. The molecule has 0 atom stereocenters. The van der Waals surface area contributed by atoms with Crippen LogP contribution in [0.5, 0.6) is 0 Å². The highest BCUT2D eigenvalue weighted by Crippen LogP contribution is 2.08. The van der Waals surface area contributed by atoms with Gasteiger partial charge in [-0.1, -0.05) is 25.1 Å². The Hall–Kier alpha value is -1.39. The van der Waals surface area contributed by atoms with E-state index in [1.807, 2.05) is 31.2 Å². The molecule has 1 aromatic carbocycles. The highest BCUT2D eigenvalue weighted by atomic mass is 16.5. The number of rotatable bonds is 8. The second kappa shape index (κ2) is 8.66. The number of ether oxygens (including phenoxy) is 1. The molecule has 0 fully saturated rings. The fourth-order valence-electron chi connectivity index (χ4n) is 1.71. The molecule has 0 saturated carbocycles. The molecule has 1 rings (SSSR count). The minimum Gasteiger partial charge on any atom is -0.380 e. The lowest BCUT2D eigenvalue weighted by molar-refractivity contribution is 0.0942. The van der Waals surface area contributed by atoms with Gasteiger partial charge < -0.3 is 15.8 Å². The number of carbonyl (C=O) groups is 1. The third kappa shape index (κ3) is 4.85. The summed E-state index contributed by atoms with van der Waals surface area (Å²) in [5, 5.41) is 2.90. The average Bonchev–Trinajstić information content (AvgIpc) is 2.42. The minimum absolute atomic E-state index is 0.00808. The third-order valence-electron chi connectivity index (χ3n) is 2.66. The van der Waals surface area contributed by atoms with Crippen LogP contribution < -0.4 is 11.1 Å². The molecule has 100 valence electrons. The zero-order chi connectivity index (χ0) is 13.2. The first kappa shape index (κ1) is 14.7. The van der Waals surface area contributed by atoms with Gasteiger partial charge in [-0.2, -0.15) is 0 Å². The van der Waals surface area contributed by atoms with Crippen LogP contribution >= 0.6 is 0 Å². The first-order valence-electron chi connectivity index (χ1n) is 6.43. The average molecular weight is 250 g/mol. The van der Waals surface area contributed by atoms with E-state index < -0.39 is 0 Å². The van der Waals surface area contributed by atoms with E-state index >= 15 is 0 Å². The lowest BCUT2D eigenvalue weighted by Gasteiger charge is -2.08. The van der Waals surface area contributed by atoms with Crippen molar-refractivity contribution in [1.82, 2.24) is 5.32 Å². The van der Waals surface area contributed by atoms with Crippen molar-refractivity contribution in [2.24, 2.45) is 5.73 Å². The van der Waals surface area contributed by atoms with Gasteiger partial charge in [0.05, 0.1) is 6.61 Å². The van der Waals surface area contributed by atoms with Gasteiger partial charge in [0.25, 0.3) is 5.91 Å². The predicted octanol–water partition coefficient (Wildman–Crippen LogP) is 1.34. The van der Waals surface area contributed by atoms with E-state index in [0.717, 1.165) is 24.0 Å². The van der Waals surface area contributed by atoms with Crippen molar-refractivity contribution in [2.75, 3.05) is 26.3 Å². The Labute approximate surface area is 109 Å². The smallest absolute Gasteiger partial charge is 0.251 e. The molecular weight excluding hydrogens is 228 g/mol. The predicted molar refractivity (Wildman–Crippen MR) is 72.6 cm³/mol. The summed E-state index contributed by atoms with van der Waals surface area (Å²) in [6, 6.07) is 7.69. The van der Waals surface area contributed by atoms with Crippen LogP contribution in [0.2, 0.25) is 0 Å². The van der Waals surface area contributed by atoms with Gasteiger partial charge in [0.1, 0.15) is 0 Å². The van der Waals surface area contributed by atoms with Crippen LogP contribution in [-0.2, 0) is 11.2 Å². The lowest BCUT2D eigenvalue weighted by Crippen LogP contribution is -2.26. The molecule has 0 radical (unpaired) electrons. The molecule has 4 heteroatoms. The highest BCUT2D eigenvalue weighted by molar-refractivity contribution is 5.95. The van der Waals surface area contributed by atoms with Crippen LogP contribution in [0.25, 0.3) is 0 Å². The van der Waals surface area contributed by atoms with E-state index in [0.29, 0.717) is 26.3 Å². The number of hydrogen-bond donors (Lipinski definition) is 2. The Morgan fingerprint density at radius 2 is 2.11 bits per heavy atom. The molecule has 0 saturated heterocycles. The molecule has 18 heavy (non-hydrogen) atoms. The summed E-state index contributed by atoms with van der Waals surface area (Å²) in [5.41, 5.74) is 7.15. The highest BCUT2D eigenvalue weighted by Gasteiger charge is 2.08. The van der Waals surface area contributed by atoms with Crippen molar-refractivity contribution in [3.05, 3.63) is 35.4 Å². The minimum atomic E-state index is -0.00808. The molecule has 0 aliphatic heterocycles. The van der Waals surface area contributed by atoms with Crippen LogP contribution in [0.3, 0.4) is 0 Å². The third-order valence-corrected chi connectivity index (χ3v) is 2.66. The summed E-state index contributed by atoms with van der Waals surface area (Å²) in [7, 11) is 0. The molecular formula is C14H22N2O2. The molecule has 0 spiro atoms. The Balaban J connectivity index is 2.32. The van der Waals surface area contributed by atoms with Gasteiger partial charge in [0, 0.05) is 25.3 Å². The number of benzene rings is 1. The summed E-state index contributed by atoms with van der Waals surface area (Å²) >= 11 is 0. The monoisotopic (exact) mass is 250 g/mol. The summed E-state index contributed by atoms with van der Waals surface area (Å²) in [4.78, 5) is 11.9. The largest absolute Gasteiger partial charge is 0.380 e. The van der Waals surface area contributed by atoms with Gasteiger partial charge in [-0.25, -0.2) is 0 Å². The number of amides is 1. The lowest BCUT2D eigenvalue weighted by atomic mass is 10.0. The van der Waals surface area contributed by atoms with Gasteiger partial charge in [-0.3, -0.25) is 4.79 Å². The van der Waals surface area contributed by atoms with Gasteiger partial charge in [0.15, 0.2) is 0 Å². The van der Waals surface area contributed by atoms with Crippen LogP contribution in [0, 0.1) is 0 Å². The molecule has 0 bridgehead atoms. The maximum atomic E-state index is 11.9. The molecule has 0 aliphatic carbocycles. The number of hydrogen-bond acceptors (Lipinski definition) is 3. The van der Waals surface area contributed by atoms with Gasteiger partial charge in [-0.05, 0) is 24.5 Å². The molecule has 0 aromatic heterocycles.